The highest BCUT2D eigenvalue weighted by atomic mass is 79.9. The van der Waals surface area contributed by atoms with Crippen molar-refractivity contribution < 1.29 is 9.90 Å². The molecule has 1 heterocycles. The number of aryl methyl sites for hydroxylation is 1. The highest BCUT2D eigenvalue weighted by Crippen LogP contribution is 2.43. The quantitative estimate of drug-likeness (QED) is 0.867. The zero-order valence-electron chi connectivity index (χ0n) is 12.1. The molecule has 2 N–H and O–H groups in total. The number of carbonyl (C=O) groups is 1. The fourth-order valence-corrected chi connectivity index (χ4v) is 4.17. The Balaban J connectivity index is 1.93. The first-order chi connectivity index (χ1) is 9.97. The van der Waals surface area contributed by atoms with E-state index in [4.69, 9.17) is 4.98 Å². The Bertz CT molecular complexity index is 687. The van der Waals surface area contributed by atoms with Crippen molar-refractivity contribution in [3.63, 3.8) is 0 Å². The number of H-pyrrole nitrogens is 1. The topological polar surface area (TPSA) is 66.0 Å². The third-order valence-corrected chi connectivity index (χ3v) is 4.98. The molecule has 0 spiro atoms. The van der Waals surface area contributed by atoms with Crippen molar-refractivity contribution in [2.75, 3.05) is 0 Å². The first-order valence-electron chi connectivity index (χ1n) is 7.34. The summed E-state index contributed by atoms with van der Waals surface area (Å²) in [6.45, 7) is 2.04. The molecular weight excluding hydrogens is 332 g/mol. The molecule has 0 unspecified atom stereocenters. The van der Waals surface area contributed by atoms with Gasteiger partial charge in [0.15, 0.2) is 0 Å². The van der Waals surface area contributed by atoms with Gasteiger partial charge in [-0.3, -0.25) is 4.79 Å². The molecule has 2 aromatic rings. The number of carboxylic acids is 1. The smallest absolute Gasteiger partial charge is 0.303 e. The van der Waals surface area contributed by atoms with Gasteiger partial charge in [-0.1, -0.05) is 28.8 Å². The minimum absolute atomic E-state index is 0.120. The van der Waals surface area contributed by atoms with E-state index in [9.17, 15) is 9.90 Å². The number of fused-ring (bicyclic) bond motifs is 1. The number of nitrogens with one attached hydrogen (secondary N) is 1. The van der Waals surface area contributed by atoms with Crippen LogP contribution in [-0.2, 0) is 11.2 Å². The average molecular weight is 351 g/mol. The SMILES string of the molecule is Cc1cc(Br)cc2[nH]c(CC3(CC(=O)O)CCCC3)nc12. The molecule has 0 atom stereocenters. The van der Waals surface area contributed by atoms with Crippen LogP contribution in [0.25, 0.3) is 11.0 Å². The molecular formula is C16H19BrN2O2. The summed E-state index contributed by atoms with van der Waals surface area (Å²) in [6, 6.07) is 4.08. The number of aliphatic carboxylic acids is 1. The number of carboxylic acid groups (broad SMARTS) is 1. The van der Waals surface area contributed by atoms with Crippen molar-refractivity contribution in [3.8, 4) is 0 Å². The maximum absolute atomic E-state index is 11.2. The molecule has 0 bridgehead atoms. The Labute approximate surface area is 132 Å². The third-order valence-electron chi connectivity index (χ3n) is 4.52. The van der Waals surface area contributed by atoms with E-state index in [1.165, 1.54) is 0 Å². The molecule has 1 fully saturated rings. The predicted molar refractivity (Wildman–Crippen MR) is 85.4 cm³/mol. The summed E-state index contributed by atoms with van der Waals surface area (Å²) in [4.78, 5) is 19.3. The van der Waals surface area contributed by atoms with Crippen LogP contribution in [0.4, 0.5) is 0 Å². The number of aromatic amines is 1. The maximum Gasteiger partial charge on any atom is 0.303 e. The summed E-state index contributed by atoms with van der Waals surface area (Å²) in [6.07, 6.45) is 5.19. The lowest BCUT2D eigenvalue weighted by Gasteiger charge is -2.25. The van der Waals surface area contributed by atoms with Crippen molar-refractivity contribution in [3.05, 3.63) is 28.0 Å². The summed E-state index contributed by atoms with van der Waals surface area (Å²) >= 11 is 3.50. The standard InChI is InChI=1S/C16H19BrN2O2/c1-10-6-11(17)7-12-15(10)19-13(18-12)8-16(9-14(20)21)4-2-3-5-16/h6-7H,2-5,8-9H2,1H3,(H,18,19)(H,20,21). The molecule has 21 heavy (non-hydrogen) atoms. The third kappa shape index (κ3) is 2.98. The first-order valence-corrected chi connectivity index (χ1v) is 8.13. The lowest BCUT2D eigenvalue weighted by molar-refractivity contribution is -0.139. The summed E-state index contributed by atoms with van der Waals surface area (Å²) in [5, 5.41) is 9.20. The van der Waals surface area contributed by atoms with Crippen LogP contribution in [0.15, 0.2) is 16.6 Å². The highest BCUT2D eigenvalue weighted by Gasteiger charge is 2.37. The van der Waals surface area contributed by atoms with Crippen LogP contribution in [0.3, 0.4) is 0 Å². The summed E-state index contributed by atoms with van der Waals surface area (Å²) in [5.74, 6) is 0.210. The van der Waals surface area contributed by atoms with Crippen molar-refractivity contribution in [1.29, 1.82) is 0 Å². The fourth-order valence-electron chi connectivity index (χ4n) is 3.60. The van der Waals surface area contributed by atoms with Gasteiger partial charge in [-0.25, -0.2) is 4.98 Å². The second-order valence-electron chi connectivity index (χ2n) is 6.26. The molecule has 1 aliphatic carbocycles. The Hall–Kier alpha value is -1.36. The van der Waals surface area contributed by atoms with Crippen molar-refractivity contribution in [2.24, 2.45) is 5.41 Å². The number of aromatic nitrogens is 2. The van der Waals surface area contributed by atoms with E-state index in [1.807, 2.05) is 13.0 Å². The van der Waals surface area contributed by atoms with Gasteiger partial charge in [0.05, 0.1) is 17.5 Å². The van der Waals surface area contributed by atoms with Crippen molar-refractivity contribution in [2.45, 2.75) is 45.4 Å². The Morgan fingerprint density at radius 2 is 2.14 bits per heavy atom. The molecule has 1 aromatic carbocycles. The number of imidazole rings is 1. The second kappa shape index (κ2) is 5.44. The lowest BCUT2D eigenvalue weighted by Crippen LogP contribution is -2.24. The van der Waals surface area contributed by atoms with Crippen molar-refractivity contribution in [1.82, 2.24) is 9.97 Å². The number of rotatable bonds is 4. The summed E-state index contributed by atoms with van der Waals surface area (Å²) in [5.41, 5.74) is 3.00. The van der Waals surface area contributed by atoms with E-state index in [-0.39, 0.29) is 11.8 Å². The van der Waals surface area contributed by atoms with Gasteiger partial charge in [-0.15, -0.1) is 0 Å². The van der Waals surface area contributed by atoms with Gasteiger partial charge in [0.1, 0.15) is 5.82 Å². The first kappa shape index (κ1) is 14.6. The number of benzene rings is 1. The van der Waals surface area contributed by atoms with Gasteiger partial charge in [-0.05, 0) is 42.9 Å². The van der Waals surface area contributed by atoms with E-state index >= 15 is 0 Å². The Morgan fingerprint density at radius 1 is 1.43 bits per heavy atom. The second-order valence-corrected chi connectivity index (χ2v) is 7.17. The Morgan fingerprint density at radius 3 is 2.81 bits per heavy atom. The minimum atomic E-state index is -0.702. The molecule has 1 aliphatic rings. The molecule has 1 saturated carbocycles. The van der Waals surface area contributed by atoms with Gasteiger partial charge in [0.2, 0.25) is 0 Å². The predicted octanol–water partition coefficient (Wildman–Crippen LogP) is 4.21. The highest BCUT2D eigenvalue weighted by molar-refractivity contribution is 9.10. The normalized spacial score (nSPS) is 17.4. The number of hydrogen-bond donors (Lipinski definition) is 2. The van der Waals surface area contributed by atoms with Gasteiger partial charge >= 0.3 is 5.97 Å². The van der Waals surface area contributed by atoms with Gasteiger partial charge < -0.3 is 10.1 Å². The zero-order chi connectivity index (χ0) is 15.0. The minimum Gasteiger partial charge on any atom is -0.481 e. The summed E-state index contributed by atoms with van der Waals surface area (Å²) < 4.78 is 1.03. The van der Waals surface area contributed by atoms with Crippen LogP contribution in [0, 0.1) is 12.3 Å². The monoisotopic (exact) mass is 350 g/mol. The van der Waals surface area contributed by atoms with Crippen LogP contribution in [-0.4, -0.2) is 21.0 Å². The molecule has 5 heteroatoms. The molecule has 1 aromatic heterocycles. The largest absolute Gasteiger partial charge is 0.481 e. The van der Waals surface area contributed by atoms with E-state index < -0.39 is 5.97 Å². The van der Waals surface area contributed by atoms with Crippen LogP contribution in [0.5, 0.6) is 0 Å². The number of nitrogens with zero attached hydrogens (tertiary/aromatic N) is 1. The number of hydrogen-bond acceptors (Lipinski definition) is 2. The average Bonchev–Trinajstić information content (AvgIpc) is 2.95. The molecule has 0 radical (unpaired) electrons. The molecule has 3 rings (SSSR count). The van der Waals surface area contributed by atoms with E-state index in [0.29, 0.717) is 0 Å². The molecule has 4 nitrogen and oxygen atoms in total. The van der Waals surface area contributed by atoms with Gasteiger partial charge in [-0.2, -0.15) is 0 Å². The molecule has 112 valence electrons. The van der Waals surface area contributed by atoms with Crippen LogP contribution < -0.4 is 0 Å². The van der Waals surface area contributed by atoms with Crippen LogP contribution >= 0.6 is 15.9 Å². The van der Waals surface area contributed by atoms with E-state index in [2.05, 4.69) is 27.0 Å². The molecule has 0 amide bonds. The van der Waals surface area contributed by atoms with Crippen molar-refractivity contribution >= 4 is 32.9 Å². The van der Waals surface area contributed by atoms with Gasteiger partial charge in [0.25, 0.3) is 0 Å². The molecule has 0 saturated heterocycles. The lowest BCUT2D eigenvalue weighted by atomic mass is 9.79. The number of halogens is 1. The summed E-state index contributed by atoms with van der Waals surface area (Å²) in [7, 11) is 0. The van der Waals surface area contributed by atoms with E-state index in [1.54, 1.807) is 0 Å². The van der Waals surface area contributed by atoms with Gasteiger partial charge in [0, 0.05) is 10.9 Å². The van der Waals surface area contributed by atoms with Crippen LogP contribution in [0.1, 0.15) is 43.5 Å². The Kier molecular flexibility index (Phi) is 3.78. The van der Waals surface area contributed by atoms with E-state index in [0.717, 1.165) is 59.0 Å². The molecule has 0 aliphatic heterocycles. The maximum atomic E-state index is 11.2. The fraction of sp³-hybridized carbons (Fsp3) is 0.500. The zero-order valence-corrected chi connectivity index (χ0v) is 13.7. The van der Waals surface area contributed by atoms with Crippen LogP contribution in [0.2, 0.25) is 0 Å².